The number of hydrogen-bond acceptors (Lipinski definition) is 2. The third-order valence-corrected chi connectivity index (χ3v) is 2.23. The first-order chi connectivity index (χ1) is 5.34. The van der Waals surface area contributed by atoms with Gasteiger partial charge in [0.05, 0.1) is 0 Å². The van der Waals surface area contributed by atoms with Crippen molar-refractivity contribution in [2.24, 2.45) is 0 Å². The monoisotopic (exact) mass is 154 g/mol. The van der Waals surface area contributed by atoms with Gasteiger partial charge in [-0.05, 0) is 19.9 Å². The summed E-state index contributed by atoms with van der Waals surface area (Å²) in [7, 11) is 0. The summed E-state index contributed by atoms with van der Waals surface area (Å²) in [6.45, 7) is 10.5. The van der Waals surface area contributed by atoms with Crippen molar-refractivity contribution in [3.05, 3.63) is 12.7 Å². The van der Waals surface area contributed by atoms with Gasteiger partial charge in [0, 0.05) is 25.7 Å². The minimum atomic E-state index is 0.662. The van der Waals surface area contributed by atoms with Crippen LogP contribution in [-0.2, 0) is 0 Å². The fraction of sp³-hybridized carbons (Fsp3) is 0.778. The Morgan fingerprint density at radius 3 is 3.27 bits per heavy atom. The summed E-state index contributed by atoms with van der Waals surface area (Å²) in [6, 6.07) is 0.662. The number of nitrogens with one attached hydrogen (secondary N) is 1. The van der Waals surface area contributed by atoms with Crippen molar-refractivity contribution in [2.75, 3.05) is 26.2 Å². The third kappa shape index (κ3) is 2.64. The molecule has 11 heavy (non-hydrogen) atoms. The minimum absolute atomic E-state index is 0.662. The summed E-state index contributed by atoms with van der Waals surface area (Å²) in [5.41, 5.74) is 0. The Labute approximate surface area is 69.3 Å². The molecule has 64 valence electrons. The zero-order chi connectivity index (χ0) is 8.10. The van der Waals surface area contributed by atoms with Crippen LogP contribution < -0.4 is 5.32 Å². The summed E-state index contributed by atoms with van der Waals surface area (Å²) in [5.74, 6) is 0. The average molecular weight is 154 g/mol. The summed E-state index contributed by atoms with van der Waals surface area (Å²) in [6.07, 6.45) is 3.25. The number of hydrogen-bond donors (Lipinski definition) is 1. The zero-order valence-corrected chi connectivity index (χ0v) is 7.34. The van der Waals surface area contributed by atoms with Gasteiger partial charge in [-0.2, -0.15) is 0 Å². The molecule has 1 rings (SSSR count). The van der Waals surface area contributed by atoms with Gasteiger partial charge in [0.25, 0.3) is 0 Å². The highest BCUT2D eigenvalue weighted by molar-refractivity contribution is 4.80. The fourth-order valence-corrected chi connectivity index (χ4v) is 1.50. The van der Waals surface area contributed by atoms with E-state index in [-0.39, 0.29) is 0 Å². The molecule has 1 saturated heterocycles. The molecule has 0 bridgehead atoms. The number of nitrogens with zero attached hydrogens (tertiary/aromatic N) is 1. The largest absolute Gasteiger partial charge is 0.315 e. The van der Waals surface area contributed by atoms with E-state index in [2.05, 4.69) is 23.7 Å². The molecular formula is C9H18N2. The van der Waals surface area contributed by atoms with Crippen molar-refractivity contribution in [1.29, 1.82) is 0 Å². The minimum Gasteiger partial charge on any atom is -0.315 e. The van der Waals surface area contributed by atoms with Crippen molar-refractivity contribution < 1.29 is 0 Å². The smallest absolute Gasteiger partial charge is 0.0195 e. The van der Waals surface area contributed by atoms with E-state index in [1.807, 2.05) is 6.08 Å². The topological polar surface area (TPSA) is 15.3 Å². The van der Waals surface area contributed by atoms with Crippen LogP contribution >= 0.6 is 0 Å². The van der Waals surface area contributed by atoms with Gasteiger partial charge >= 0.3 is 0 Å². The quantitative estimate of drug-likeness (QED) is 0.593. The predicted molar refractivity (Wildman–Crippen MR) is 48.7 cm³/mol. The van der Waals surface area contributed by atoms with E-state index in [9.17, 15) is 0 Å². The normalized spacial score (nSPS) is 27.9. The molecule has 0 saturated carbocycles. The van der Waals surface area contributed by atoms with Crippen LogP contribution in [0.5, 0.6) is 0 Å². The fourth-order valence-electron chi connectivity index (χ4n) is 1.50. The molecule has 0 aliphatic carbocycles. The SMILES string of the molecule is C=CCN1CCCNCC1C. The Morgan fingerprint density at radius 2 is 2.55 bits per heavy atom. The van der Waals surface area contributed by atoms with Crippen LogP contribution in [0.4, 0.5) is 0 Å². The van der Waals surface area contributed by atoms with Gasteiger partial charge in [-0.15, -0.1) is 6.58 Å². The molecule has 1 unspecified atom stereocenters. The highest BCUT2D eigenvalue weighted by Crippen LogP contribution is 2.02. The van der Waals surface area contributed by atoms with Crippen LogP contribution in [0.15, 0.2) is 12.7 Å². The Kier molecular flexibility index (Phi) is 3.60. The van der Waals surface area contributed by atoms with E-state index < -0.39 is 0 Å². The Bertz CT molecular complexity index is 123. The Balaban J connectivity index is 2.38. The molecule has 1 atom stereocenters. The molecule has 1 aliphatic heterocycles. The van der Waals surface area contributed by atoms with Crippen molar-refractivity contribution in [3.63, 3.8) is 0 Å². The number of rotatable bonds is 2. The van der Waals surface area contributed by atoms with Gasteiger partial charge in [0.2, 0.25) is 0 Å². The molecular weight excluding hydrogens is 136 g/mol. The highest BCUT2D eigenvalue weighted by Gasteiger charge is 2.13. The molecule has 1 fully saturated rings. The first kappa shape index (κ1) is 8.75. The van der Waals surface area contributed by atoms with Crippen LogP contribution in [0.25, 0.3) is 0 Å². The molecule has 2 nitrogen and oxygen atoms in total. The van der Waals surface area contributed by atoms with E-state index in [4.69, 9.17) is 0 Å². The highest BCUT2D eigenvalue weighted by atomic mass is 15.2. The Morgan fingerprint density at radius 1 is 1.73 bits per heavy atom. The van der Waals surface area contributed by atoms with Crippen LogP contribution in [0.3, 0.4) is 0 Å². The van der Waals surface area contributed by atoms with E-state index >= 15 is 0 Å². The molecule has 0 spiro atoms. The predicted octanol–water partition coefficient (Wildman–Crippen LogP) is 0.856. The molecule has 1 N–H and O–H groups in total. The van der Waals surface area contributed by atoms with E-state index in [1.54, 1.807) is 0 Å². The van der Waals surface area contributed by atoms with Gasteiger partial charge in [0.1, 0.15) is 0 Å². The van der Waals surface area contributed by atoms with Gasteiger partial charge in [0.15, 0.2) is 0 Å². The average Bonchev–Trinajstić information content (AvgIpc) is 2.18. The molecule has 1 aliphatic rings. The standard InChI is InChI=1S/C9H18N2/c1-3-6-11-7-4-5-10-8-9(11)2/h3,9-10H,1,4-8H2,2H3. The van der Waals surface area contributed by atoms with Crippen LogP contribution in [0.2, 0.25) is 0 Å². The zero-order valence-electron chi connectivity index (χ0n) is 7.34. The summed E-state index contributed by atoms with van der Waals surface area (Å²) < 4.78 is 0. The summed E-state index contributed by atoms with van der Waals surface area (Å²) in [4.78, 5) is 2.47. The van der Waals surface area contributed by atoms with Gasteiger partial charge in [-0.25, -0.2) is 0 Å². The lowest BCUT2D eigenvalue weighted by atomic mass is 10.3. The maximum atomic E-state index is 3.76. The van der Waals surface area contributed by atoms with Gasteiger partial charge in [-0.3, -0.25) is 4.90 Å². The third-order valence-electron chi connectivity index (χ3n) is 2.23. The van der Waals surface area contributed by atoms with Crippen molar-refractivity contribution >= 4 is 0 Å². The van der Waals surface area contributed by atoms with Crippen LogP contribution in [0.1, 0.15) is 13.3 Å². The second kappa shape index (κ2) is 4.52. The maximum absolute atomic E-state index is 3.76. The Hall–Kier alpha value is -0.340. The molecule has 0 aromatic carbocycles. The van der Waals surface area contributed by atoms with Crippen molar-refractivity contribution in [1.82, 2.24) is 10.2 Å². The molecule has 0 radical (unpaired) electrons. The lowest BCUT2D eigenvalue weighted by Crippen LogP contribution is -2.37. The maximum Gasteiger partial charge on any atom is 0.0195 e. The van der Waals surface area contributed by atoms with Crippen molar-refractivity contribution in [2.45, 2.75) is 19.4 Å². The van der Waals surface area contributed by atoms with E-state index in [0.717, 1.165) is 19.6 Å². The molecule has 0 amide bonds. The van der Waals surface area contributed by atoms with Crippen LogP contribution in [-0.4, -0.2) is 37.1 Å². The molecule has 1 heterocycles. The van der Waals surface area contributed by atoms with Crippen molar-refractivity contribution in [3.8, 4) is 0 Å². The molecule has 0 aromatic heterocycles. The lowest BCUT2D eigenvalue weighted by molar-refractivity contribution is 0.247. The van der Waals surface area contributed by atoms with E-state index in [0.29, 0.717) is 6.04 Å². The molecule has 0 aromatic rings. The van der Waals surface area contributed by atoms with Gasteiger partial charge in [-0.1, -0.05) is 6.08 Å². The molecule has 2 heteroatoms. The summed E-state index contributed by atoms with van der Waals surface area (Å²) >= 11 is 0. The first-order valence-electron chi connectivity index (χ1n) is 4.40. The second-order valence-electron chi connectivity index (χ2n) is 3.19. The lowest BCUT2D eigenvalue weighted by Gasteiger charge is -2.24. The summed E-state index contributed by atoms with van der Waals surface area (Å²) in [5, 5.41) is 3.41. The van der Waals surface area contributed by atoms with Crippen LogP contribution in [0, 0.1) is 0 Å². The van der Waals surface area contributed by atoms with Gasteiger partial charge < -0.3 is 5.32 Å². The second-order valence-corrected chi connectivity index (χ2v) is 3.19. The van der Waals surface area contributed by atoms with E-state index in [1.165, 1.54) is 13.0 Å². The first-order valence-corrected chi connectivity index (χ1v) is 4.40.